The van der Waals surface area contributed by atoms with Crippen LogP contribution in [0.4, 0.5) is 0 Å². The molecule has 0 aromatic carbocycles. The lowest BCUT2D eigenvalue weighted by Gasteiger charge is -2.38. The van der Waals surface area contributed by atoms with E-state index in [0.29, 0.717) is 11.8 Å². The number of nitrogens with zero attached hydrogens (tertiary/aromatic N) is 4. The summed E-state index contributed by atoms with van der Waals surface area (Å²) in [6.07, 6.45) is 6.09. The number of hydrogen-bond donors (Lipinski definition) is 1. The molecule has 0 aromatic rings. The first kappa shape index (κ1) is 24.7. The molecule has 0 spiro atoms. The predicted octanol–water partition coefficient (Wildman–Crippen LogP) is 1.87. The van der Waals surface area contributed by atoms with Crippen molar-refractivity contribution in [3.63, 3.8) is 0 Å². The summed E-state index contributed by atoms with van der Waals surface area (Å²) in [5.74, 6) is 2.49. The summed E-state index contributed by atoms with van der Waals surface area (Å²) >= 11 is 0. The van der Waals surface area contributed by atoms with E-state index in [1.54, 1.807) is 0 Å². The Morgan fingerprint density at radius 1 is 1.17 bits per heavy atom. The van der Waals surface area contributed by atoms with E-state index in [0.717, 1.165) is 90.3 Å². The van der Waals surface area contributed by atoms with Gasteiger partial charge in [0.05, 0.1) is 13.2 Å². The number of likely N-dealkylation sites (N-methyl/N-ethyl adjacent to an activating group) is 1. The number of rotatable bonds is 10. The largest absolute Gasteiger partial charge is 0.379 e. The number of amides is 1. The van der Waals surface area contributed by atoms with Gasteiger partial charge in [-0.05, 0) is 38.5 Å². The van der Waals surface area contributed by atoms with Gasteiger partial charge in [-0.15, -0.1) is 24.0 Å². The highest BCUT2D eigenvalue weighted by Gasteiger charge is 2.31. The predicted molar refractivity (Wildman–Crippen MR) is 128 cm³/mol. The number of ether oxygens (including phenoxy) is 1. The Hall–Kier alpha value is -0.610. The molecule has 0 radical (unpaired) electrons. The second-order valence-corrected chi connectivity index (χ2v) is 8.47. The maximum absolute atomic E-state index is 12.3. The van der Waals surface area contributed by atoms with E-state index >= 15 is 0 Å². The highest BCUT2D eigenvalue weighted by Crippen LogP contribution is 2.29. The van der Waals surface area contributed by atoms with Gasteiger partial charge in [0, 0.05) is 65.4 Å². The van der Waals surface area contributed by atoms with E-state index in [2.05, 4.69) is 34.0 Å². The van der Waals surface area contributed by atoms with Gasteiger partial charge in [-0.3, -0.25) is 14.7 Å². The van der Waals surface area contributed by atoms with Crippen molar-refractivity contribution < 1.29 is 9.53 Å². The average molecular weight is 521 g/mol. The van der Waals surface area contributed by atoms with Crippen LogP contribution in [-0.4, -0.2) is 99.2 Å². The molecule has 1 heterocycles. The van der Waals surface area contributed by atoms with Crippen molar-refractivity contribution in [2.75, 3.05) is 72.6 Å². The molecule has 3 rings (SSSR count). The van der Waals surface area contributed by atoms with E-state index < -0.39 is 0 Å². The molecular weight excluding hydrogens is 481 g/mol. The Balaban J connectivity index is 0.00000300. The average Bonchev–Trinajstić information content (AvgIpc) is 3.48. The fourth-order valence-corrected chi connectivity index (χ4v) is 3.71. The Morgan fingerprint density at radius 3 is 2.48 bits per heavy atom. The van der Waals surface area contributed by atoms with Gasteiger partial charge in [-0.25, -0.2) is 0 Å². The Bertz CT molecular complexity index is 517. The van der Waals surface area contributed by atoms with Gasteiger partial charge >= 0.3 is 0 Å². The number of guanidine groups is 1. The van der Waals surface area contributed by atoms with E-state index in [4.69, 9.17) is 9.73 Å². The van der Waals surface area contributed by atoms with E-state index in [1.807, 2.05) is 0 Å². The van der Waals surface area contributed by atoms with Crippen molar-refractivity contribution in [3.8, 4) is 0 Å². The normalized spacial score (nSPS) is 20.8. The van der Waals surface area contributed by atoms with Gasteiger partial charge in [0.1, 0.15) is 0 Å². The molecule has 168 valence electrons. The minimum atomic E-state index is 0. The maximum Gasteiger partial charge on any atom is 0.225 e. The van der Waals surface area contributed by atoms with Gasteiger partial charge in [0.25, 0.3) is 0 Å². The van der Waals surface area contributed by atoms with Crippen LogP contribution in [0.5, 0.6) is 0 Å². The van der Waals surface area contributed by atoms with E-state index in [-0.39, 0.29) is 24.0 Å². The van der Waals surface area contributed by atoms with E-state index in [9.17, 15) is 4.79 Å². The van der Waals surface area contributed by atoms with Crippen molar-refractivity contribution in [3.05, 3.63) is 0 Å². The van der Waals surface area contributed by atoms with Crippen LogP contribution >= 0.6 is 24.0 Å². The fourth-order valence-electron chi connectivity index (χ4n) is 3.71. The summed E-state index contributed by atoms with van der Waals surface area (Å²) in [5, 5.41) is 3.38. The lowest BCUT2D eigenvalue weighted by molar-refractivity contribution is -0.139. The summed E-state index contributed by atoms with van der Waals surface area (Å²) < 4.78 is 5.75. The number of piperazine rings is 1. The van der Waals surface area contributed by atoms with Gasteiger partial charge in [0.15, 0.2) is 5.96 Å². The zero-order chi connectivity index (χ0) is 19.8. The van der Waals surface area contributed by atoms with Crippen LogP contribution < -0.4 is 5.32 Å². The molecule has 0 bridgehead atoms. The first-order valence-corrected chi connectivity index (χ1v) is 11.3. The second-order valence-electron chi connectivity index (χ2n) is 8.47. The summed E-state index contributed by atoms with van der Waals surface area (Å²) in [4.78, 5) is 23.8. The second kappa shape index (κ2) is 12.9. The molecule has 8 heteroatoms. The molecular formula is C21H40IN5O2. The van der Waals surface area contributed by atoms with Crippen molar-refractivity contribution in [2.24, 2.45) is 16.8 Å². The van der Waals surface area contributed by atoms with Crippen molar-refractivity contribution >= 4 is 35.8 Å². The number of hydrogen-bond acceptors (Lipinski definition) is 4. The van der Waals surface area contributed by atoms with Crippen LogP contribution in [0.2, 0.25) is 0 Å². The lowest BCUT2D eigenvalue weighted by atomic mass is 9.84. The Labute approximate surface area is 193 Å². The molecule has 1 amide bonds. The molecule has 29 heavy (non-hydrogen) atoms. The fraction of sp³-hybridized carbons (Fsp3) is 0.905. The highest BCUT2D eigenvalue weighted by atomic mass is 127. The molecule has 7 nitrogen and oxygen atoms in total. The number of carbonyl (C=O) groups is 1. The maximum atomic E-state index is 12.3. The van der Waals surface area contributed by atoms with Crippen molar-refractivity contribution in [1.82, 2.24) is 20.0 Å². The van der Waals surface area contributed by atoms with Gasteiger partial charge < -0.3 is 19.9 Å². The summed E-state index contributed by atoms with van der Waals surface area (Å²) in [7, 11) is 2.08. The van der Waals surface area contributed by atoms with Crippen LogP contribution in [0, 0.1) is 11.8 Å². The minimum Gasteiger partial charge on any atom is -0.379 e. The van der Waals surface area contributed by atoms with Crippen LogP contribution in [0.15, 0.2) is 4.99 Å². The van der Waals surface area contributed by atoms with Crippen molar-refractivity contribution in [1.29, 1.82) is 0 Å². The van der Waals surface area contributed by atoms with Crippen molar-refractivity contribution in [2.45, 2.75) is 39.0 Å². The smallest absolute Gasteiger partial charge is 0.225 e. The number of nitrogens with one attached hydrogen (secondary N) is 1. The van der Waals surface area contributed by atoms with Gasteiger partial charge in [0.2, 0.25) is 5.91 Å². The van der Waals surface area contributed by atoms with Gasteiger partial charge in [-0.1, -0.05) is 6.42 Å². The molecule has 1 N–H and O–H groups in total. The quantitative estimate of drug-likeness (QED) is 0.206. The molecule has 0 aromatic heterocycles. The number of halogens is 1. The van der Waals surface area contributed by atoms with Crippen LogP contribution in [0.1, 0.15) is 39.0 Å². The molecule has 0 atom stereocenters. The highest BCUT2D eigenvalue weighted by molar-refractivity contribution is 14.0. The molecule has 0 unspecified atom stereocenters. The number of aliphatic imine (C=N–C) groups is 1. The van der Waals surface area contributed by atoms with Gasteiger partial charge in [-0.2, -0.15) is 0 Å². The molecule has 3 fully saturated rings. The number of carbonyl (C=O) groups excluding carboxylic acids is 1. The molecule has 2 saturated carbocycles. The third-order valence-electron chi connectivity index (χ3n) is 6.13. The lowest BCUT2D eigenvalue weighted by Crippen LogP contribution is -2.51. The molecule has 2 aliphatic carbocycles. The molecule has 1 saturated heterocycles. The third kappa shape index (κ3) is 8.20. The Kier molecular flexibility index (Phi) is 11.0. The Morgan fingerprint density at radius 2 is 1.90 bits per heavy atom. The first-order chi connectivity index (χ1) is 13.7. The molecule has 3 aliphatic rings. The van der Waals surface area contributed by atoms with Crippen LogP contribution in [0.25, 0.3) is 0 Å². The summed E-state index contributed by atoms with van der Waals surface area (Å²) in [6, 6.07) is 0. The van der Waals surface area contributed by atoms with Crippen LogP contribution in [0.3, 0.4) is 0 Å². The third-order valence-corrected chi connectivity index (χ3v) is 6.13. The standard InChI is InChI=1S/C21H39N5O2.HI/c1-3-22-21(24(2)15-16-28-17-18-7-8-18)23-9-10-25-11-13-26(14-12-25)20(27)19-5-4-6-19;/h18-19H,3-17H2,1-2H3,(H,22,23);1H. The zero-order valence-electron chi connectivity index (χ0n) is 18.3. The monoisotopic (exact) mass is 521 g/mol. The van der Waals surface area contributed by atoms with E-state index in [1.165, 1.54) is 19.3 Å². The zero-order valence-corrected chi connectivity index (χ0v) is 20.6. The minimum absolute atomic E-state index is 0. The first-order valence-electron chi connectivity index (χ1n) is 11.3. The topological polar surface area (TPSA) is 60.4 Å². The SMILES string of the molecule is CCNC(=NCCN1CCN(C(=O)C2CCC2)CC1)N(C)CCOCC1CC1.I. The summed E-state index contributed by atoms with van der Waals surface area (Å²) in [6.45, 7) is 10.9. The summed E-state index contributed by atoms with van der Waals surface area (Å²) in [5.41, 5.74) is 0. The molecule has 1 aliphatic heterocycles. The van der Waals surface area contributed by atoms with Crippen LogP contribution in [-0.2, 0) is 9.53 Å².